The van der Waals surface area contributed by atoms with E-state index in [-0.39, 0.29) is 23.5 Å². The predicted octanol–water partition coefficient (Wildman–Crippen LogP) is 0.999. The van der Waals surface area contributed by atoms with Gasteiger partial charge in [0.05, 0.1) is 0 Å². The van der Waals surface area contributed by atoms with Gasteiger partial charge in [-0.3, -0.25) is 15.0 Å². The lowest BCUT2D eigenvalue weighted by Crippen LogP contribution is -2.29. The number of phenolic OH excluding ortho intramolecular Hbond substituents is 1. The lowest BCUT2D eigenvalue weighted by Gasteiger charge is -2.20. The Hall–Kier alpha value is -2.57. The molecule has 0 aliphatic carbocycles. The van der Waals surface area contributed by atoms with E-state index in [2.05, 4.69) is 5.32 Å². The van der Waals surface area contributed by atoms with E-state index < -0.39 is 23.2 Å². The van der Waals surface area contributed by atoms with Crippen molar-refractivity contribution in [2.45, 2.75) is 26.4 Å². The van der Waals surface area contributed by atoms with Gasteiger partial charge in [-0.1, -0.05) is 0 Å². The molecular weight excluding hydrogens is 274 g/mol. The van der Waals surface area contributed by atoms with Crippen LogP contribution in [0.3, 0.4) is 0 Å². The van der Waals surface area contributed by atoms with Crippen LogP contribution in [0.5, 0.6) is 5.75 Å². The number of anilines is 1. The molecule has 5 N–H and O–H groups in total. The smallest absolute Gasteiger partial charge is 0.325 e. The Morgan fingerprint density at radius 2 is 2.00 bits per heavy atom. The SMILES string of the molecule is CC(C)(C)OC(=O)CNc1cc(O)ccc1C(=N)C(N)=O. The molecule has 1 aromatic rings. The number of amides is 1. The first-order valence-electron chi connectivity index (χ1n) is 6.27. The number of ether oxygens (including phenoxy) is 1. The Bertz CT molecular complexity index is 576. The molecule has 114 valence electrons. The topological polar surface area (TPSA) is 126 Å². The second kappa shape index (κ2) is 6.25. The van der Waals surface area contributed by atoms with E-state index in [1.54, 1.807) is 20.8 Å². The molecule has 7 nitrogen and oxygen atoms in total. The number of primary amides is 1. The van der Waals surface area contributed by atoms with E-state index in [1.807, 2.05) is 0 Å². The number of nitrogens with two attached hydrogens (primary N) is 1. The molecule has 0 spiro atoms. The van der Waals surface area contributed by atoms with Crippen molar-refractivity contribution < 1.29 is 19.4 Å². The summed E-state index contributed by atoms with van der Waals surface area (Å²) in [6, 6.07) is 4.00. The highest BCUT2D eigenvalue weighted by Gasteiger charge is 2.18. The van der Waals surface area contributed by atoms with E-state index in [4.69, 9.17) is 15.9 Å². The first-order valence-corrected chi connectivity index (χ1v) is 6.27. The van der Waals surface area contributed by atoms with E-state index >= 15 is 0 Å². The van der Waals surface area contributed by atoms with Crippen LogP contribution in [0, 0.1) is 5.41 Å². The van der Waals surface area contributed by atoms with Crippen LogP contribution in [0.15, 0.2) is 18.2 Å². The van der Waals surface area contributed by atoms with Crippen molar-refractivity contribution in [3.05, 3.63) is 23.8 Å². The largest absolute Gasteiger partial charge is 0.508 e. The summed E-state index contributed by atoms with van der Waals surface area (Å²) in [5.74, 6) is -1.47. The van der Waals surface area contributed by atoms with Crippen molar-refractivity contribution in [1.29, 1.82) is 5.41 Å². The van der Waals surface area contributed by atoms with Crippen molar-refractivity contribution in [1.82, 2.24) is 0 Å². The van der Waals surface area contributed by atoms with Crippen molar-refractivity contribution in [2.24, 2.45) is 5.73 Å². The third kappa shape index (κ3) is 5.13. The average molecular weight is 293 g/mol. The van der Waals surface area contributed by atoms with Gasteiger partial charge < -0.3 is 20.9 Å². The second-order valence-electron chi connectivity index (χ2n) is 5.41. The molecule has 1 rings (SSSR count). The molecule has 0 aromatic heterocycles. The molecule has 1 amide bonds. The molecule has 0 saturated carbocycles. The average Bonchev–Trinajstić information content (AvgIpc) is 2.33. The Kier molecular flexibility index (Phi) is 4.91. The molecule has 0 atom stereocenters. The van der Waals surface area contributed by atoms with Gasteiger partial charge in [0, 0.05) is 17.3 Å². The molecule has 0 saturated heterocycles. The molecule has 0 fully saturated rings. The number of nitrogens with one attached hydrogen (secondary N) is 2. The van der Waals surface area contributed by atoms with Crippen molar-refractivity contribution >= 4 is 23.3 Å². The van der Waals surface area contributed by atoms with Gasteiger partial charge in [0.2, 0.25) is 0 Å². The number of rotatable bonds is 5. The normalized spacial score (nSPS) is 10.8. The molecule has 0 bridgehead atoms. The number of esters is 1. The first-order chi connectivity index (χ1) is 9.60. The highest BCUT2D eigenvalue weighted by atomic mass is 16.6. The Balaban J connectivity index is 2.87. The second-order valence-corrected chi connectivity index (χ2v) is 5.41. The molecule has 0 aliphatic rings. The van der Waals surface area contributed by atoms with Gasteiger partial charge in [-0.05, 0) is 32.9 Å². The first kappa shape index (κ1) is 16.5. The standard InChI is InChI=1S/C14H19N3O4/c1-14(2,3)21-11(19)7-17-10-6-8(18)4-5-9(10)12(15)13(16)20/h4-6,15,17-18H,7H2,1-3H3,(H2,16,20). The summed E-state index contributed by atoms with van der Waals surface area (Å²) >= 11 is 0. The summed E-state index contributed by atoms with van der Waals surface area (Å²) in [6.45, 7) is 5.06. The van der Waals surface area contributed by atoms with Crippen LogP contribution in [0.2, 0.25) is 0 Å². The van der Waals surface area contributed by atoms with E-state index in [0.717, 1.165) is 0 Å². The molecule has 1 aromatic carbocycles. The maximum atomic E-state index is 11.6. The molecule has 21 heavy (non-hydrogen) atoms. The Labute approximate surface area is 122 Å². The number of hydrogen-bond donors (Lipinski definition) is 4. The number of phenols is 1. The van der Waals surface area contributed by atoms with Crippen molar-refractivity contribution in [2.75, 3.05) is 11.9 Å². The molecule has 0 radical (unpaired) electrons. The molecular formula is C14H19N3O4. The fraction of sp³-hybridized carbons (Fsp3) is 0.357. The molecule has 0 aliphatic heterocycles. The van der Waals surface area contributed by atoms with Gasteiger partial charge in [-0.25, -0.2) is 0 Å². The van der Waals surface area contributed by atoms with Gasteiger partial charge in [-0.2, -0.15) is 0 Å². The third-order valence-corrected chi connectivity index (χ3v) is 2.36. The molecule has 0 heterocycles. The zero-order valence-corrected chi connectivity index (χ0v) is 12.2. The maximum Gasteiger partial charge on any atom is 0.325 e. The van der Waals surface area contributed by atoms with Crippen LogP contribution >= 0.6 is 0 Å². The zero-order valence-electron chi connectivity index (χ0n) is 12.2. The van der Waals surface area contributed by atoms with Crippen LogP contribution in [0.4, 0.5) is 5.69 Å². The fourth-order valence-corrected chi connectivity index (χ4v) is 1.57. The highest BCUT2D eigenvalue weighted by Crippen LogP contribution is 2.22. The Morgan fingerprint density at radius 3 is 2.52 bits per heavy atom. The summed E-state index contributed by atoms with van der Waals surface area (Å²) in [5, 5.41) is 19.8. The van der Waals surface area contributed by atoms with Crippen molar-refractivity contribution in [3.8, 4) is 5.75 Å². The predicted molar refractivity (Wildman–Crippen MR) is 78.5 cm³/mol. The third-order valence-electron chi connectivity index (χ3n) is 2.36. The zero-order chi connectivity index (χ0) is 16.2. The number of aromatic hydroxyl groups is 1. The minimum absolute atomic E-state index is 0.0669. The number of carbonyl (C=O) groups excluding carboxylic acids is 2. The fourth-order valence-electron chi connectivity index (χ4n) is 1.57. The van der Waals surface area contributed by atoms with Gasteiger partial charge in [0.25, 0.3) is 5.91 Å². The number of hydrogen-bond acceptors (Lipinski definition) is 6. The van der Waals surface area contributed by atoms with Gasteiger partial charge in [-0.15, -0.1) is 0 Å². The lowest BCUT2D eigenvalue weighted by molar-refractivity contribution is -0.152. The van der Waals surface area contributed by atoms with Crippen LogP contribution in [-0.4, -0.2) is 34.8 Å². The summed E-state index contributed by atoms with van der Waals surface area (Å²) in [4.78, 5) is 22.7. The van der Waals surface area contributed by atoms with E-state index in [9.17, 15) is 14.7 Å². The summed E-state index contributed by atoms with van der Waals surface area (Å²) in [5.41, 5.74) is 4.50. The molecule has 7 heteroatoms. The van der Waals surface area contributed by atoms with E-state index in [1.165, 1.54) is 18.2 Å². The van der Waals surface area contributed by atoms with E-state index in [0.29, 0.717) is 0 Å². The monoisotopic (exact) mass is 293 g/mol. The van der Waals surface area contributed by atoms with Gasteiger partial charge in [0.1, 0.15) is 23.6 Å². The van der Waals surface area contributed by atoms with Crippen molar-refractivity contribution in [3.63, 3.8) is 0 Å². The minimum atomic E-state index is -0.902. The van der Waals surface area contributed by atoms with Crippen LogP contribution in [0.1, 0.15) is 26.3 Å². The summed E-state index contributed by atoms with van der Waals surface area (Å²) < 4.78 is 5.13. The van der Waals surface area contributed by atoms with Gasteiger partial charge >= 0.3 is 5.97 Å². The Morgan fingerprint density at radius 1 is 1.38 bits per heavy atom. The maximum absolute atomic E-state index is 11.6. The number of carbonyl (C=O) groups is 2. The van der Waals surface area contributed by atoms with Crippen LogP contribution in [0.25, 0.3) is 0 Å². The van der Waals surface area contributed by atoms with Gasteiger partial charge in [0.15, 0.2) is 0 Å². The van der Waals surface area contributed by atoms with Crippen LogP contribution in [-0.2, 0) is 14.3 Å². The lowest BCUT2D eigenvalue weighted by atomic mass is 10.1. The minimum Gasteiger partial charge on any atom is -0.508 e. The van der Waals surface area contributed by atoms with Crippen LogP contribution < -0.4 is 11.1 Å². The quantitative estimate of drug-likeness (QED) is 0.476. The molecule has 0 unspecified atom stereocenters. The summed E-state index contributed by atoms with van der Waals surface area (Å²) in [6.07, 6.45) is 0. The highest BCUT2D eigenvalue weighted by molar-refractivity contribution is 6.44. The summed E-state index contributed by atoms with van der Waals surface area (Å²) in [7, 11) is 0. The number of benzene rings is 1.